The highest BCUT2D eigenvalue weighted by Crippen LogP contribution is 2.30. The quantitative estimate of drug-likeness (QED) is 0.487. The van der Waals surface area contributed by atoms with Gasteiger partial charge in [-0.3, -0.25) is 0 Å². The Morgan fingerprint density at radius 3 is 2.95 bits per heavy atom. The molecule has 1 saturated heterocycles. The number of azide groups is 1. The van der Waals surface area contributed by atoms with Gasteiger partial charge in [-0.05, 0) is 24.6 Å². The molecule has 1 atom stereocenters. The topological polar surface area (TPSA) is 95.4 Å². The van der Waals surface area contributed by atoms with Crippen LogP contribution >= 0.6 is 11.6 Å². The summed E-state index contributed by atoms with van der Waals surface area (Å²) in [6, 6.07) is 3.88. The molecule has 0 amide bonds. The van der Waals surface area contributed by atoms with Crippen LogP contribution in [0.2, 0.25) is 5.02 Å². The van der Waals surface area contributed by atoms with Crippen molar-refractivity contribution in [3.63, 3.8) is 0 Å². The number of benzene rings is 1. The first-order valence-electron chi connectivity index (χ1n) is 5.91. The molecule has 0 saturated carbocycles. The van der Waals surface area contributed by atoms with E-state index in [4.69, 9.17) is 21.9 Å². The maximum atomic E-state index is 12.6. The number of rotatable bonds is 3. The van der Waals surface area contributed by atoms with Crippen molar-refractivity contribution >= 4 is 27.3 Å². The minimum atomic E-state index is -3.74. The van der Waals surface area contributed by atoms with Crippen molar-refractivity contribution in [2.24, 2.45) is 5.11 Å². The van der Waals surface area contributed by atoms with Crippen LogP contribution in [0.5, 0.6) is 0 Å². The summed E-state index contributed by atoms with van der Waals surface area (Å²) in [7, 11) is -3.74. The van der Waals surface area contributed by atoms with Gasteiger partial charge in [0.1, 0.15) is 4.90 Å². The number of nitrogens with zero attached hydrogens (tertiary/aromatic N) is 4. The van der Waals surface area contributed by atoms with Gasteiger partial charge in [0.15, 0.2) is 0 Å². The molecule has 0 bridgehead atoms. The highest BCUT2D eigenvalue weighted by Gasteiger charge is 2.32. The van der Waals surface area contributed by atoms with Crippen LogP contribution in [-0.4, -0.2) is 38.5 Å². The molecule has 0 spiro atoms. The van der Waals surface area contributed by atoms with Crippen LogP contribution in [0.1, 0.15) is 6.92 Å². The van der Waals surface area contributed by atoms with Crippen LogP contribution in [-0.2, 0) is 14.8 Å². The Hall–Kier alpha value is -1.31. The van der Waals surface area contributed by atoms with Gasteiger partial charge in [0, 0.05) is 23.2 Å². The normalized spacial score (nSPS) is 20.4. The number of hydrogen-bond acceptors (Lipinski definition) is 4. The summed E-state index contributed by atoms with van der Waals surface area (Å²) in [5.41, 5.74) is 8.63. The van der Waals surface area contributed by atoms with Gasteiger partial charge in [-0.15, -0.1) is 0 Å². The monoisotopic (exact) mass is 316 g/mol. The second-order valence-electron chi connectivity index (χ2n) is 4.34. The van der Waals surface area contributed by atoms with Crippen LogP contribution in [0, 0.1) is 0 Å². The van der Waals surface area contributed by atoms with E-state index in [1.807, 2.05) is 0 Å². The van der Waals surface area contributed by atoms with E-state index in [-0.39, 0.29) is 28.2 Å². The first-order valence-corrected chi connectivity index (χ1v) is 7.73. The van der Waals surface area contributed by atoms with Gasteiger partial charge < -0.3 is 4.74 Å². The van der Waals surface area contributed by atoms with Crippen LogP contribution in [0.4, 0.5) is 5.69 Å². The Bertz CT molecular complexity index is 658. The van der Waals surface area contributed by atoms with Crippen LogP contribution in [0.25, 0.3) is 10.4 Å². The van der Waals surface area contributed by atoms with Crippen molar-refractivity contribution in [3.05, 3.63) is 33.7 Å². The van der Waals surface area contributed by atoms with Gasteiger partial charge in [-0.2, -0.15) is 4.31 Å². The summed E-state index contributed by atoms with van der Waals surface area (Å²) in [5, 5.41) is 3.50. The fourth-order valence-corrected chi connectivity index (χ4v) is 4.10. The third kappa shape index (κ3) is 2.89. The molecule has 1 aromatic rings. The van der Waals surface area contributed by atoms with Gasteiger partial charge in [0.25, 0.3) is 0 Å². The Kier molecular flexibility index (Phi) is 4.52. The fourth-order valence-electron chi connectivity index (χ4n) is 2.00. The lowest BCUT2D eigenvalue weighted by atomic mass is 10.3. The second-order valence-corrected chi connectivity index (χ2v) is 6.61. The average molecular weight is 317 g/mol. The first-order chi connectivity index (χ1) is 9.46. The zero-order chi connectivity index (χ0) is 14.8. The van der Waals surface area contributed by atoms with Crippen molar-refractivity contribution in [2.75, 3.05) is 19.8 Å². The Morgan fingerprint density at radius 2 is 2.30 bits per heavy atom. The Labute approximate surface area is 121 Å². The molecule has 0 N–H and O–H groups in total. The molecule has 2 rings (SSSR count). The second kappa shape index (κ2) is 5.99. The number of morpholine rings is 1. The molecule has 1 aromatic carbocycles. The summed E-state index contributed by atoms with van der Waals surface area (Å²) in [6.45, 7) is 2.72. The largest absolute Gasteiger partial charge is 0.378 e. The van der Waals surface area contributed by atoms with E-state index in [0.29, 0.717) is 13.2 Å². The maximum absolute atomic E-state index is 12.6. The Balaban J connectivity index is 2.47. The lowest BCUT2D eigenvalue weighted by Gasteiger charge is -2.32. The molecule has 0 radical (unpaired) electrons. The minimum Gasteiger partial charge on any atom is -0.378 e. The molecule has 1 aliphatic heterocycles. The predicted octanol–water partition coefficient (Wildman–Crippen LogP) is 2.69. The number of hydrogen-bond donors (Lipinski definition) is 0. The third-order valence-electron chi connectivity index (χ3n) is 2.97. The third-order valence-corrected chi connectivity index (χ3v) is 5.46. The molecule has 20 heavy (non-hydrogen) atoms. The number of sulfonamides is 1. The van der Waals surface area contributed by atoms with Crippen LogP contribution < -0.4 is 0 Å². The fraction of sp³-hybridized carbons (Fsp3) is 0.455. The van der Waals surface area contributed by atoms with Gasteiger partial charge in [-0.1, -0.05) is 22.8 Å². The van der Waals surface area contributed by atoms with Gasteiger partial charge in [0.2, 0.25) is 10.0 Å². The van der Waals surface area contributed by atoms with Crippen LogP contribution in [0.3, 0.4) is 0 Å². The molecule has 108 valence electrons. The van der Waals surface area contributed by atoms with Gasteiger partial charge >= 0.3 is 0 Å². The van der Waals surface area contributed by atoms with Gasteiger partial charge in [0.05, 0.1) is 18.2 Å². The molecular weight excluding hydrogens is 304 g/mol. The van der Waals surface area contributed by atoms with Crippen molar-refractivity contribution in [3.8, 4) is 0 Å². The SMILES string of the molecule is CC1COCCN1S(=O)(=O)c1cc(N=[N+]=[N-])ccc1Cl. The van der Waals surface area contributed by atoms with Crippen LogP contribution in [0.15, 0.2) is 28.2 Å². The number of ether oxygens (including phenoxy) is 1. The molecule has 1 unspecified atom stereocenters. The molecule has 1 fully saturated rings. The van der Waals surface area contributed by atoms with E-state index in [2.05, 4.69) is 10.0 Å². The summed E-state index contributed by atoms with van der Waals surface area (Å²) in [5.74, 6) is 0. The highest BCUT2D eigenvalue weighted by molar-refractivity contribution is 7.89. The zero-order valence-corrected chi connectivity index (χ0v) is 12.3. The van der Waals surface area contributed by atoms with Gasteiger partial charge in [-0.25, -0.2) is 8.42 Å². The van der Waals surface area contributed by atoms with E-state index >= 15 is 0 Å². The summed E-state index contributed by atoms with van der Waals surface area (Å²) in [4.78, 5) is 2.58. The van der Waals surface area contributed by atoms with E-state index in [1.54, 1.807) is 6.92 Å². The average Bonchev–Trinajstić information content (AvgIpc) is 2.41. The molecular formula is C11H13ClN4O3S. The smallest absolute Gasteiger partial charge is 0.244 e. The van der Waals surface area contributed by atoms with Crippen molar-refractivity contribution in [1.29, 1.82) is 0 Å². The van der Waals surface area contributed by atoms with Crippen molar-refractivity contribution in [2.45, 2.75) is 17.9 Å². The number of halogens is 1. The minimum absolute atomic E-state index is 0.0576. The summed E-state index contributed by atoms with van der Waals surface area (Å²) >= 11 is 5.98. The molecule has 0 aliphatic carbocycles. The molecule has 9 heteroatoms. The summed E-state index contributed by atoms with van der Waals surface area (Å²) < 4.78 is 31.8. The highest BCUT2D eigenvalue weighted by atomic mass is 35.5. The van der Waals surface area contributed by atoms with E-state index < -0.39 is 10.0 Å². The molecule has 7 nitrogen and oxygen atoms in total. The standard InChI is InChI=1S/C11H13ClN4O3S/c1-8-7-19-5-4-16(8)20(17,18)11-6-9(14-15-13)2-3-10(11)12/h2-3,6,8H,4-5,7H2,1H3. The predicted molar refractivity (Wildman–Crippen MR) is 74.4 cm³/mol. The lowest BCUT2D eigenvalue weighted by Crippen LogP contribution is -2.47. The zero-order valence-electron chi connectivity index (χ0n) is 10.7. The lowest BCUT2D eigenvalue weighted by molar-refractivity contribution is 0.0393. The summed E-state index contributed by atoms with van der Waals surface area (Å²) in [6.07, 6.45) is 0. The van der Waals surface area contributed by atoms with E-state index in [9.17, 15) is 8.42 Å². The Morgan fingerprint density at radius 1 is 1.55 bits per heavy atom. The molecule has 1 aliphatic rings. The first kappa shape index (κ1) is 15.1. The van der Waals surface area contributed by atoms with Crippen molar-refractivity contribution < 1.29 is 13.2 Å². The van der Waals surface area contributed by atoms with Crippen molar-refractivity contribution in [1.82, 2.24) is 4.31 Å². The molecule has 1 heterocycles. The van der Waals surface area contributed by atoms with E-state index in [0.717, 1.165) is 0 Å². The maximum Gasteiger partial charge on any atom is 0.244 e. The molecule has 0 aromatic heterocycles. The van der Waals surface area contributed by atoms with E-state index in [1.165, 1.54) is 22.5 Å².